The summed E-state index contributed by atoms with van der Waals surface area (Å²) in [6.07, 6.45) is 0.572. The third-order valence-electron chi connectivity index (χ3n) is 6.60. The zero-order chi connectivity index (χ0) is 26.1. The lowest BCUT2D eigenvalue weighted by molar-refractivity contribution is -0.0572. The average Bonchev–Trinajstić information content (AvgIpc) is 2.93. The molecule has 0 unspecified atom stereocenters. The van der Waals surface area contributed by atoms with Crippen LogP contribution in [0.15, 0.2) is 115 Å². The van der Waals surface area contributed by atoms with Crippen LogP contribution in [0.4, 0.5) is 0 Å². The number of esters is 1. The Kier molecular flexibility index (Phi) is 8.76. The number of hydrogen-bond acceptors (Lipinski definition) is 4. The van der Waals surface area contributed by atoms with Gasteiger partial charge >= 0.3 is 5.97 Å². The Labute approximate surface area is 220 Å². The van der Waals surface area contributed by atoms with E-state index >= 15 is 0 Å². The molecule has 4 heteroatoms. The zero-order valence-electron chi connectivity index (χ0n) is 21.8. The normalized spacial score (nSPS) is 13.5. The maximum Gasteiger partial charge on any atom is 0.339 e. The van der Waals surface area contributed by atoms with E-state index in [1.54, 1.807) is 12.1 Å². The molecular formula is C33H35NO3. The van der Waals surface area contributed by atoms with E-state index in [1.807, 2.05) is 93.0 Å². The topological polar surface area (TPSA) is 38.8 Å². The van der Waals surface area contributed by atoms with Crippen LogP contribution in [0.1, 0.15) is 34.0 Å². The van der Waals surface area contributed by atoms with Crippen LogP contribution in [0, 0.1) is 5.92 Å². The first kappa shape index (κ1) is 26.2. The lowest BCUT2D eigenvalue weighted by atomic mass is 9.77. The standard InChI is InChI=1S/C33H35NO3/c1-26(24-34(2)3)33(30-19-11-6-12-20-30,23-27-14-7-4-8-15-27)37-32(35)29-18-13-21-31(22-29)36-25-28-16-9-5-10-17-28/h4-22,26H,23-25H2,1-3H3/t26-,33+/m0/s1. The van der Waals surface area contributed by atoms with Gasteiger partial charge in [-0.15, -0.1) is 0 Å². The second-order valence-electron chi connectivity index (χ2n) is 9.77. The largest absolute Gasteiger partial charge is 0.489 e. The molecule has 37 heavy (non-hydrogen) atoms. The van der Waals surface area contributed by atoms with E-state index in [1.165, 1.54) is 0 Å². The number of carbonyl (C=O) groups is 1. The first-order valence-electron chi connectivity index (χ1n) is 12.7. The minimum atomic E-state index is -0.856. The molecule has 0 radical (unpaired) electrons. The smallest absolute Gasteiger partial charge is 0.339 e. The van der Waals surface area contributed by atoms with Crippen molar-refractivity contribution in [3.63, 3.8) is 0 Å². The number of rotatable bonds is 11. The second-order valence-corrected chi connectivity index (χ2v) is 9.77. The predicted octanol–water partition coefficient (Wildman–Crippen LogP) is 6.76. The fourth-order valence-electron chi connectivity index (χ4n) is 4.75. The molecule has 4 nitrogen and oxygen atoms in total. The van der Waals surface area contributed by atoms with Gasteiger partial charge in [-0.1, -0.05) is 104 Å². The van der Waals surface area contributed by atoms with Crippen molar-refractivity contribution < 1.29 is 14.3 Å². The molecule has 0 saturated carbocycles. The number of ether oxygens (including phenoxy) is 2. The van der Waals surface area contributed by atoms with Gasteiger partial charge in [-0.3, -0.25) is 0 Å². The molecule has 4 aromatic carbocycles. The van der Waals surface area contributed by atoms with Crippen molar-refractivity contribution >= 4 is 5.97 Å². The van der Waals surface area contributed by atoms with Gasteiger partial charge in [0.2, 0.25) is 0 Å². The first-order valence-corrected chi connectivity index (χ1v) is 12.7. The highest BCUT2D eigenvalue weighted by Crippen LogP contribution is 2.39. The highest BCUT2D eigenvalue weighted by molar-refractivity contribution is 5.90. The van der Waals surface area contributed by atoms with E-state index in [0.717, 1.165) is 23.2 Å². The highest BCUT2D eigenvalue weighted by atomic mass is 16.6. The molecule has 0 heterocycles. The molecule has 0 N–H and O–H groups in total. The van der Waals surface area contributed by atoms with Gasteiger partial charge in [0.25, 0.3) is 0 Å². The monoisotopic (exact) mass is 493 g/mol. The average molecular weight is 494 g/mol. The summed E-state index contributed by atoms with van der Waals surface area (Å²) < 4.78 is 12.6. The zero-order valence-corrected chi connectivity index (χ0v) is 21.8. The number of hydrogen-bond donors (Lipinski definition) is 0. The fourth-order valence-corrected chi connectivity index (χ4v) is 4.75. The fraction of sp³-hybridized carbons (Fsp3) is 0.242. The summed E-state index contributed by atoms with van der Waals surface area (Å²) in [6.45, 7) is 3.35. The third kappa shape index (κ3) is 6.87. The Hall–Kier alpha value is -3.89. The minimum Gasteiger partial charge on any atom is -0.489 e. The predicted molar refractivity (Wildman–Crippen MR) is 149 cm³/mol. The highest BCUT2D eigenvalue weighted by Gasteiger charge is 2.42. The molecule has 0 aliphatic carbocycles. The van der Waals surface area contributed by atoms with Crippen molar-refractivity contribution in [2.24, 2.45) is 5.92 Å². The van der Waals surface area contributed by atoms with E-state index < -0.39 is 5.60 Å². The Morgan fingerprint density at radius 1 is 0.784 bits per heavy atom. The van der Waals surface area contributed by atoms with Gasteiger partial charge in [-0.05, 0) is 49.0 Å². The molecule has 4 rings (SSSR count). The quantitative estimate of drug-likeness (QED) is 0.216. The first-order chi connectivity index (χ1) is 18.0. The van der Waals surface area contributed by atoms with Crippen molar-refractivity contribution in [3.05, 3.63) is 138 Å². The molecule has 0 spiro atoms. The van der Waals surface area contributed by atoms with Gasteiger partial charge in [0.05, 0.1) is 5.56 Å². The summed E-state index contributed by atoms with van der Waals surface area (Å²) in [7, 11) is 4.09. The van der Waals surface area contributed by atoms with Gasteiger partial charge in [0.1, 0.15) is 18.0 Å². The van der Waals surface area contributed by atoms with Gasteiger partial charge in [0.15, 0.2) is 0 Å². The molecule has 0 aromatic heterocycles. The molecule has 0 aliphatic heterocycles. The van der Waals surface area contributed by atoms with Gasteiger partial charge in [-0.2, -0.15) is 0 Å². The van der Waals surface area contributed by atoms with Crippen LogP contribution in [0.25, 0.3) is 0 Å². The number of nitrogens with zero attached hydrogens (tertiary/aromatic N) is 1. The van der Waals surface area contributed by atoms with E-state index in [9.17, 15) is 4.79 Å². The molecule has 0 amide bonds. The molecule has 4 aromatic rings. The van der Waals surface area contributed by atoms with E-state index in [2.05, 4.69) is 36.1 Å². The van der Waals surface area contributed by atoms with Crippen LogP contribution in [0.5, 0.6) is 5.75 Å². The van der Waals surface area contributed by atoms with Crippen LogP contribution in [0.3, 0.4) is 0 Å². The van der Waals surface area contributed by atoms with Crippen LogP contribution in [-0.4, -0.2) is 31.5 Å². The lowest BCUT2D eigenvalue weighted by Gasteiger charge is -2.40. The maximum absolute atomic E-state index is 13.7. The van der Waals surface area contributed by atoms with Gasteiger partial charge < -0.3 is 14.4 Å². The van der Waals surface area contributed by atoms with Gasteiger partial charge in [0, 0.05) is 18.9 Å². The van der Waals surface area contributed by atoms with Crippen LogP contribution < -0.4 is 4.74 Å². The number of benzene rings is 4. The van der Waals surface area contributed by atoms with E-state index in [0.29, 0.717) is 24.3 Å². The van der Waals surface area contributed by atoms with Crippen LogP contribution >= 0.6 is 0 Å². The van der Waals surface area contributed by atoms with E-state index in [4.69, 9.17) is 9.47 Å². The van der Waals surface area contributed by atoms with Gasteiger partial charge in [-0.25, -0.2) is 4.79 Å². The second kappa shape index (κ2) is 12.4. The Morgan fingerprint density at radius 3 is 2.00 bits per heavy atom. The molecule has 2 atom stereocenters. The Bertz CT molecular complexity index is 1260. The van der Waals surface area contributed by atoms with Crippen molar-refractivity contribution in [3.8, 4) is 5.75 Å². The summed E-state index contributed by atoms with van der Waals surface area (Å²) in [4.78, 5) is 15.9. The summed E-state index contributed by atoms with van der Waals surface area (Å²) in [6, 6.07) is 37.6. The SMILES string of the molecule is C[C@@H](CN(C)C)[C@@](Cc1ccccc1)(OC(=O)c1cccc(OCc2ccccc2)c1)c1ccccc1. The molecule has 190 valence electrons. The molecular weight excluding hydrogens is 458 g/mol. The molecule has 0 fully saturated rings. The number of carbonyl (C=O) groups excluding carboxylic acids is 1. The minimum absolute atomic E-state index is 0.0200. The Balaban J connectivity index is 1.66. The summed E-state index contributed by atoms with van der Waals surface area (Å²) in [5, 5.41) is 0. The summed E-state index contributed by atoms with van der Waals surface area (Å²) >= 11 is 0. The van der Waals surface area contributed by atoms with Crippen molar-refractivity contribution in [1.29, 1.82) is 0 Å². The van der Waals surface area contributed by atoms with Crippen molar-refractivity contribution in [2.45, 2.75) is 25.6 Å². The third-order valence-corrected chi connectivity index (χ3v) is 6.60. The Morgan fingerprint density at radius 2 is 1.38 bits per heavy atom. The molecule has 0 bridgehead atoms. The molecule has 0 aliphatic rings. The van der Waals surface area contributed by atoms with Crippen LogP contribution in [0.2, 0.25) is 0 Å². The van der Waals surface area contributed by atoms with Crippen molar-refractivity contribution in [2.75, 3.05) is 20.6 Å². The summed E-state index contributed by atoms with van der Waals surface area (Å²) in [5.41, 5.74) is 2.78. The maximum atomic E-state index is 13.7. The summed E-state index contributed by atoms with van der Waals surface area (Å²) in [5.74, 6) is 0.287. The van der Waals surface area contributed by atoms with Crippen LogP contribution in [-0.2, 0) is 23.4 Å². The van der Waals surface area contributed by atoms with Crippen molar-refractivity contribution in [1.82, 2.24) is 4.90 Å². The van der Waals surface area contributed by atoms with E-state index in [-0.39, 0.29) is 11.9 Å². The lowest BCUT2D eigenvalue weighted by Crippen LogP contribution is -2.45. The molecule has 0 saturated heterocycles.